The first kappa shape index (κ1) is 23.1. The number of pyridine rings is 1. The van der Waals surface area contributed by atoms with Crippen molar-refractivity contribution < 1.29 is 31.2 Å². The van der Waals surface area contributed by atoms with Gasteiger partial charge in [-0.2, -0.15) is 0 Å². The van der Waals surface area contributed by atoms with Crippen LogP contribution >= 0.6 is 0 Å². The van der Waals surface area contributed by atoms with Gasteiger partial charge in [-0.3, -0.25) is 19.9 Å². The highest BCUT2D eigenvalue weighted by Crippen LogP contribution is 2.38. The summed E-state index contributed by atoms with van der Waals surface area (Å²) in [7, 11) is -4.41. The maximum Gasteiger partial charge on any atom is 0.276 e. The number of hydrogen-bond acceptors (Lipinski definition) is 5. The van der Waals surface area contributed by atoms with Gasteiger partial charge in [0.1, 0.15) is 28.4 Å². The van der Waals surface area contributed by atoms with Gasteiger partial charge in [0.05, 0.1) is 4.90 Å². The Balaban J connectivity index is 2.22. The van der Waals surface area contributed by atoms with Crippen molar-refractivity contribution in [3.8, 4) is 0 Å². The first-order valence-corrected chi connectivity index (χ1v) is 10.8. The van der Waals surface area contributed by atoms with Crippen LogP contribution < -0.4 is 5.32 Å². The van der Waals surface area contributed by atoms with Crippen molar-refractivity contribution in [1.82, 2.24) is 10.3 Å². The molecular weight excluding hydrogens is 445 g/mol. The van der Waals surface area contributed by atoms with Crippen LogP contribution in [0.1, 0.15) is 39.4 Å². The van der Waals surface area contributed by atoms with E-state index in [1.807, 2.05) is 5.32 Å². The molecule has 6 nitrogen and oxygen atoms in total. The molecule has 0 aliphatic heterocycles. The molecule has 0 radical (unpaired) electrons. The zero-order chi connectivity index (χ0) is 23.6. The lowest BCUT2D eigenvalue weighted by molar-refractivity contribution is -0.118. The predicted molar refractivity (Wildman–Crippen MR) is 109 cm³/mol. The van der Waals surface area contributed by atoms with E-state index in [9.17, 15) is 31.2 Å². The summed E-state index contributed by atoms with van der Waals surface area (Å²) in [5.41, 5.74) is -0.425. The molecule has 2 aromatic carbocycles. The molecule has 3 rings (SSSR count). The van der Waals surface area contributed by atoms with Crippen LogP contribution in [0.4, 0.5) is 13.2 Å². The third-order valence-electron chi connectivity index (χ3n) is 4.65. The second kappa shape index (κ2) is 8.91. The maximum atomic E-state index is 14.7. The zero-order valence-electron chi connectivity index (χ0n) is 16.9. The summed E-state index contributed by atoms with van der Waals surface area (Å²) in [6.07, 6.45) is 1.06. The minimum atomic E-state index is -4.41. The second-order valence-electron chi connectivity index (χ2n) is 6.98. The smallest absolute Gasteiger partial charge is 0.276 e. The van der Waals surface area contributed by atoms with Crippen molar-refractivity contribution in [2.45, 2.75) is 24.0 Å². The Labute approximate surface area is 182 Å². The molecule has 0 saturated heterocycles. The van der Waals surface area contributed by atoms with Crippen LogP contribution in [0.5, 0.6) is 0 Å². The molecule has 0 spiro atoms. The number of nitrogens with one attached hydrogen (secondary N) is 1. The van der Waals surface area contributed by atoms with Crippen molar-refractivity contribution in [1.29, 1.82) is 0 Å². The molecule has 2 amide bonds. The zero-order valence-corrected chi connectivity index (χ0v) is 17.7. The summed E-state index contributed by atoms with van der Waals surface area (Å²) in [6.45, 7) is 2.60. The van der Waals surface area contributed by atoms with Crippen LogP contribution in [0.3, 0.4) is 0 Å². The first-order valence-electron chi connectivity index (χ1n) is 9.23. The van der Waals surface area contributed by atoms with Crippen LogP contribution in [0, 0.1) is 24.4 Å². The molecule has 3 aromatic rings. The summed E-state index contributed by atoms with van der Waals surface area (Å²) in [5.74, 6) is -3.92. The number of carbonyl (C=O) groups is 2. The molecule has 1 N–H and O–H groups in total. The Morgan fingerprint density at radius 3 is 2.16 bits per heavy atom. The number of rotatable bonds is 5. The summed E-state index contributed by atoms with van der Waals surface area (Å²) >= 11 is 0. The Kier molecular flexibility index (Phi) is 6.45. The van der Waals surface area contributed by atoms with Gasteiger partial charge in [-0.15, -0.1) is 0 Å². The van der Waals surface area contributed by atoms with Crippen molar-refractivity contribution in [3.63, 3.8) is 0 Å². The molecule has 0 aliphatic carbocycles. The molecule has 0 aliphatic rings. The van der Waals surface area contributed by atoms with Gasteiger partial charge in [-0.05, 0) is 66.6 Å². The summed E-state index contributed by atoms with van der Waals surface area (Å²) < 4.78 is 68.9. The standard InChI is InChI=1S/C22H17F3N2O4S/c1-12-9-20(22(29)27-13(2)28)26-11-18(12)21(17-10-15(24)5-8-19(17)25)32(30,31)16-6-3-14(23)4-7-16/h3-11,21H,1-2H3,(H,27,28,29). The number of nitrogens with zero attached hydrogens (tertiary/aromatic N) is 1. The van der Waals surface area contributed by atoms with Crippen molar-refractivity contribution in [3.05, 3.63) is 94.6 Å². The third-order valence-corrected chi connectivity index (χ3v) is 6.71. The lowest BCUT2D eigenvalue weighted by Gasteiger charge is -2.21. The van der Waals surface area contributed by atoms with E-state index < -0.39 is 49.9 Å². The van der Waals surface area contributed by atoms with E-state index in [2.05, 4.69) is 4.98 Å². The van der Waals surface area contributed by atoms with Crippen LogP contribution in [0.25, 0.3) is 0 Å². The van der Waals surface area contributed by atoms with Gasteiger partial charge >= 0.3 is 0 Å². The summed E-state index contributed by atoms with van der Waals surface area (Å²) in [5, 5.41) is 0.306. The van der Waals surface area contributed by atoms with Crippen LogP contribution in [-0.2, 0) is 14.6 Å². The molecular formula is C22H17F3N2O4S. The lowest BCUT2D eigenvalue weighted by atomic mass is 10.0. The maximum absolute atomic E-state index is 14.7. The Bertz CT molecular complexity index is 1310. The highest BCUT2D eigenvalue weighted by molar-refractivity contribution is 7.92. The van der Waals surface area contributed by atoms with Gasteiger partial charge in [-0.1, -0.05) is 0 Å². The average molecular weight is 462 g/mol. The molecule has 1 unspecified atom stereocenters. The SMILES string of the molecule is CC(=O)NC(=O)c1cc(C)c(C(c2cc(F)ccc2F)S(=O)(=O)c2ccc(F)cc2)cn1. The first-order chi connectivity index (χ1) is 15.0. The lowest BCUT2D eigenvalue weighted by Crippen LogP contribution is -2.29. The van der Waals surface area contributed by atoms with E-state index in [-0.39, 0.29) is 21.7 Å². The number of halogens is 3. The number of carbonyl (C=O) groups excluding carboxylic acids is 2. The van der Waals surface area contributed by atoms with Crippen LogP contribution in [-0.4, -0.2) is 25.2 Å². The fraction of sp³-hybridized carbons (Fsp3) is 0.136. The molecule has 0 saturated carbocycles. The number of aromatic nitrogens is 1. The highest BCUT2D eigenvalue weighted by atomic mass is 32.2. The van der Waals surface area contributed by atoms with Gasteiger partial charge < -0.3 is 0 Å². The summed E-state index contributed by atoms with van der Waals surface area (Å²) in [4.78, 5) is 26.8. The number of hydrogen-bond donors (Lipinski definition) is 1. The van der Waals surface area contributed by atoms with E-state index in [0.717, 1.165) is 55.6 Å². The fourth-order valence-corrected chi connectivity index (χ4v) is 5.05. The molecule has 0 fully saturated rings. The van der Waals surface area contributed by atoms with E-state index >= 15 is 0 Å². The molecule has 1 atom stereocenters. The molecule has 1 aromatic heterocycles. The van der Waals surface area contributed by atoms with Gasteiger partial charge in [0.25, 0.3) is 5.91 Å². The number of benzene rings is 2. The second-order valence-corrected chi connectivity index (χ2v) is 9.01. The predicted octanol–water partition coefficient (Wildman–Crippen LogP) is 3.65. The highest BCUT2D eigenvalue weighted by Gasteiger charge is 2.35. The Morgan fingerprint density at radius 1 is 0.938 bits per heavy atom. The fourth-order valence-electron chi connectivity index (χ4n) is 3.17. The molecule has 0 bridgehead atoms. The van der Waals surface area contributed by atoms with Crippen LogP contribution in [0.2, 0.25) is 0 Å². The minimum absolute atomic E-state index is 0.0156. The summed E-state index contributed by atoms with van der Waals surface area (Å²) in [6, 6.07) is 7.56. The van der Waals surface area contributed by atoms with E-state index in [1.54, 1.807) is 0 Å². The third kappa shape index (κ3) is 4.70. The monoisotopic (exact) mass is 462 g/mol. The normalized spacial score (nSPS) is 12.3. The molecule has 166 valence electrons. The van der Waals surface area contributed by atoms with E-state index in [0.29, 0.717) is 0 Å². The number of imide groups is 1. The number of sulfone groups is 1. The molecule has 32 heavy (non-hydrogen) atoms. The minimum Gasteiger partial charge on any atom is -0.291 e. The Hall–Kier alpha value is -3.53. The van der Waals surface area contributed by atoms with Crippen molar-refractivity contribution in [2.24, 2.45) is 0 Å². The van der Waals surface area contributed by atoms with Gasteiger partial charge in [-0.25, -0.2) is 21.6 Å². The average Bonchev–Trinajstić information content (AvgIpc) is 2.71. The largest absolute Gasteiger partial charge is 0.291 e. The van der Waals surface area contributed by atoms with E-state index in [4.69, 9.17) is 0 Å². The number of amides is 2. The molecule has 1 heterocycles. The van der Waals surface area contributed by atoms with Gasteiger partial charge in [0.2, 0.25) is 5.91 Å². The topological polar surface area (TPSA) is 93.2 Å². The van der Waals surface area contributed by atoms with E-state index in [1.165, 1.54) is 13.0 Å². The van der Waals surface area contributed by atoms with Gasteiger partial charge in [0.15, 0.2) is 9.84 Å². The quantitative estimate of drug-likeness (QED) is 0.585. The van der Waals surface area contributed by atoms with Crippen LogP contribution in [0.15, 0.2) is 59.6 Å². The number of aryl methyl sites for hydroxylation is 1. The van der Waals surface area contributed by atoms with Gasteiger partial charge in [0, 0.05) is 18.7 Å². The Morgan fingerprint density at radius 2 is 1.56 bits per heavy atom. The van der Waals surface area contributed by atoms with Crippen molar-refractivity contribution >= 4 is 21.7 Å². The molecule has 10 heteroatoms. The van der Waals surface area contributed by atoms with Crippen molar-refractivity contribution in [2.75, 3.05) is 0 Å².